The highest BCUT2D eigenvalue weighted by Crippen LogP contribution is 2.10. The molecule has 3 N–H and O–H groups in total. The molecular weight excluding hydrogens is 207 g/mol. The Hall–Kier alpha value is -1.42. The lowest BCUT2D eigenvalue weighted by atomic mass is 10.1. The summed E-state index contributed by atoms with van der Waals surface area (Å²) in [5.41, 5.74) is 6.63. The van der Waals surface area contributed by atoms with Gasteiger partial charge >= 0.3 is 0 Å². The molecule has 3 nitrogen and oxygen atoms in total. The average molecular weight is 224 g/mol. The minimum atomic E-state index is -0.320. The quantitative estimate of drug-likeness (QED) is 0.799. The first-order valence-electron chi connectivity index (χ1n) is 5.41. The van der Waals surface area contributed by atoms with Crippen LogP contribution in [0, 0.1) is 5.82 Å². The highest BCUT2D eigenvalue weighted by molar-refractivity contribution is 5.75. The molecule has 1 rings (SSSR count). The fourth-order valence-electron chi connectivity index (χ4n) is 1.37. The van der Waals surface area contributed by atoms with Gasteiger partial charge in [0.2, 0.25) is 5.91 Å². The van der Waals surface area contributed by atoms with Crippen molar-refractivity contribution in [2.75, 3.05) is 0 Å². The molecule has 0 radical (unpaired) electrons. The number of rotatable bonds is 5. The van der Waals surface area contributed by atoms with Crippen molar-refractivity contribution in [1.29, 1.82) is 0 Å². The maximum atomic E-state index is 13.5. The largest absolute Gasteiger partial charge is 0.352 e. The Labute approximate surface area is 94.8 Å². The van der Waals surface area contributed by atoms with Crippen LogP contribution in [0.2, 0.25) is 0 Å². The molecule has 16 heavy (non-hydrogen) atoms. The van der Waals surface area contributed by atoms with E-state index in [9.17, 15) is 9.18 Å². The first-order valence-corrected chi connectivity index (χ1v) is 5.41. The lowest BCUT2D eigenvalue weighted by Gasteiger charge is -2.06. The van der Waals surface area contributed by atoms with Crippen LogP contribution in [0.3, 0.4) is 0 Å². The van der Waals surface area contributed by atoms with Gasteiger partial charge in [-0.3, -0.25) is 4.79 Å². The van der Waals surface area contributed by atoms with Gasteiger partial charge < -0.3 is 11.1 Å². The number of carbonyl (C=O) groups is 1. The van der Waals surface area contributed by atoms with Crippen LogP contribution in [0.4, 0.5) is 4.39 Å². The highest BCUT2D eigenvalue weighted by atomic mass is 19.1. The minimum absolute atomic E-state index is 0.0511. The summed E-state index contributed by atoms with van der Waals surface area (Å²) in [6, 6.07) is 4.83. The van der Waals surface area contributed by atoms with Crippen molar-refractivity contribution in [3.8, 4) is 0 Å². The van der Waals surface area contributed by atoms with Crippen molar-refractivity contribution >= 4 is 5.91 Å². The minimum Gasteiger partial charge on any atom is -0.352 e. The van der Waals surface area contributed by atoms with E-state index in [4.69, 9.17) is 5.73 Å². The Kier molecular flexibility index (Phi) is 4.92. The van der Waals surface area contributed by atoms with Gasteiger partial charge in [-0.2, -0.15) is 0 Å². The second-order valence-corrected chi connectivity index (χ2v) is 3.66. The van der Waals surface area contributed by atoms with Crippen molar-refractivity contribution in [2.24, 2.45) is 5.73 Å². The van der Waals surface area contributed by atoms with Crippen molar-refractivity contribution < 1.29 is 9.18 Å². The number of carbonyl (C=O) groups excluding carboxylic acids is 1. The van der Waals surface area contributed by atoms with Gasteiger partial charge in [-0.05, 0) is 18.1 Å². The fraction of sp³-hybridized carbons (Fsp3) is 0.417. The van der Waals surface area contributed by atoms with Crippen molar-refractivity contribution in [3.05, 3.63) is 35.1 Å². The highest BCUT2D eigenvalue weighted by Gasteiger charge is 2.05. The third-order valence-corrected chi connectivity index (χ3v) is 2.31. The third-order valence-electron chi connectivity index (χ3n) is 2.31. The standard InChI is InChI=1S/C12H17FN2O/c1-2-3-12(16)15-8-10-5-4-9(7-14)6-11(10)13/h4-6H,2-3,7-8,14H2,1H3,(H,15,16). The second-order valence-electron chi connectivity index (χ2n) is 3.66. The summed E-state index contributed by atoms with van der Waals surface area (Å²) in [5, 5.41) is 2.67. The van der Waals surface area contributed by atoms with Crippen LogP contribution < -0.4 is 11.1 Å². The summed E-state index contributed by atoms with van der Waals surface area (Å²) in [6.07, 6.45) is 1.27. The van der Waals surface area contributed by atoms with Gasteiger partial charge in [0.1, 0.15) is 5.82 Å². The SMILES string of the molecule is CCCC(=O)NCc1ccc(CN)cc1F. The molecule has 88 valence electrons. The lowest BCUT2D eigenvalue weighted by Crippen LogP contribution is -2.22. The van der Waals surface area contributed by atoms with E-state index in [-0.39, 0.29) is 18.3 Å². The Morgan fingerprint density at radius 3 is 2.81 bits per heavy atom. The Bertz CT molecular complexity index is 366. The molecule has 0 atom stereocenters. The zero-order valence-electron chi connectivity index (χ0n) is 9.42. The number of hydrogen-bond acceptors (Lipinski definition) is 2. The lowest BCUT2D eigenvalue weighted by molar-refractivity contribution is -0.121. The van der Waals surface area contributed by atoms with Gasteiger partial charge in [0.25, 0.3) is 0 Å². The van der Waals surface area contributed by atoms with Crippen molar-refractivity contribution in [2.45, 2.75) is 32.9 Å². The van der Waals surface area contributed by atoms with E-state index in [1.165, 1.54) is 6.07 Å². The predicted molar refractivity (Wildman–Crippen MR) is 61.0 cm³/mol. The van der Waals surface area contributed by atoms with E-state index < -0.39 is 0 Å². The monoisotopic (exact) mass is 224 g/mol. The molecule has 1 aromatic rings. The molecule has 0 fully saturated rings. The van der Waals surface area contributed by atoms with Crippen LogP contribution in [0.15, 0.2) is 18.2 Å². The molecule has 0 spiro atoms. The van der Waals surface area contributed by atoms with Crippen LogP contribution in [0.5, 0.6) is 0 Å². The molecule has 0 saturated carbocycles. The molecule has 0 heterocycles. The number of benzene rings is 1. The molecule has 0 bridgehead atoms. The van der Waals surface area contributed by atoms with E-state index in [2.05, 4.69) is 5.32 Å². The Morgan fingerprint density at radius 1 is 1.50 bits per heavy atom. The van der Waals surface area contributed by atoms with E-state index in [1.807, 2.05) is 6.92 Å². The number of hydrogen-bond donors (Lipinski definition) is 2. The Morgan fingerprint density at radius 2 is 2.25 bits per heavy atom. The van der Waals surface area contributed by atoms with Gasteiger partial charge in [-0.25, -0.2) is 4.39 Å². The summed E-state index contributed by atoms with van der Waals surface area (Å²) < 4.78 is 13.5. The van der Waals surface area contributed by atoms with Gasteiger partial charge in [-0.15, -0.1) is 0 Å². The smallest absolute Gasteiger partial charge is 0.220 e. The van der Waals surface area contributed by atoms with Gasteiger partial charge in [0, 0.05) is 25.1 Å². The molecule has 0 aliphatic rings. The topological polar surface area (TPSA) is 55.1 Å². The molecule has 0 aliphatic carbocycles. The first kappa shape index (κ1) is 12.6. The predicted octanol–water partition coefficient (Wildman–Crippen LogP) is 1.70. The van der Waals surface area contributed by atoms with Gasteiger partial charge in [0.05, 0.1) is 0 Å². The normalized spacial score (nSPS) is 10.2. The molecule has 1 aromatic carbocycles. The zero-order valence-corrected chi connectivity index (χ0v) is 9.42. The number of amides is 1. The van der Waals surface area contributed by atoms with Crippen LogP contribution in [-0.2, 0) is 17.9 Å². The zero-order chi connectivity index (χ0) is 12.0. The van der Waals surface area contributed by atoms with E-state index in [1.54, 1.807) is 12.1 Å². The van der Waals surface area contributed by atoms with Gasteiger partial charge in [-0.1, -0.05) is 19.1 Å². The molecule has 0 saturated heterocycles. The molecule has 0 unspecified atom stereocenters. The van der Waals surface area contributed by atoms with Crippen LogP contribution in [0.1, 0.15) is 30.9 Å². The first-order chi connectivity index (χ1) is 7.67. The maximum Gasteiger partial charge on any atom is 0.220 e. The second kappa shape index (κ2) is 6.23. The molecule has 0 aromatic heterocycles. The van der Waals surface area contributed by atoms with Crippen LogP contribution >= 0.6 is 0 Å². The fourth-order valence-corrected chi connectivity index (χ4v) is 1.37. The Balaban J connectivity index is 2.57. The number of nitrogens with one attached hydrogen (secondary N) is 1. The van der Waals surface area contributed by atoms with E-state index in [0.29, 0.717) is 18.5 Å². The molecular formula is C12H17FN2O. The maximum absolute atomic E-state index is 13.5. The summed E-state index contributed by atoms with van der Waals surface area (Å²) in [5.74, 6) is -0.371. The third kappa shape index (κ3) is 3.62. The molecule has 1 amide bonds. The van der Waals surface area contributed by atoms with Crippen molar-refractivity contribution in [3.63, 3.8) is 0 Å². The molecule has 4 heteroatoms. The molecule has 0 aliphatic heterocycles. The summed E-state index contributed by atoms with van der Waals surface area (Å²) in [4.78, 5) is 11.2. The van der Waals surface area contributed by atoms with E-state index in [0.717, 1.165) is 12.0 Å². The summed E-state index contributed by atoms with van der Waals surface area (Å²) in [7, 11) is 0. The van der Waals surface area contributed by atoms with Crippen molar-refractivity contribution in [1.82, 2.24) is 5.32 Å². The number of nitrogens with two attached hydrogens (primary N) is 1. The summed E-state index contributed by atoms with van der Waals surface area (Å²) in [6.45, 7) is 2.48. The van der Waals surface area contributed by atoms with E-state index >= 15 is 0 Å². The number of halogens is 1. The van der Waals surface area contributed by atoms with Crippen LogP contribution in [0.25, 0.3) is 0 Å². The van der Waals surface area contributed by atoms with Crippen LogP contribution in [-0.4, -0.2) is 5.91 Å². The average Bonchev–Trinajstić information content (AvgIpc) is 2.27. The van der Waals surface area contributed by atoms with Gasteiger partial charge in [0.15, 0.2) is 0 Å². The summed E-state index contributed by atoms with van der Waals surface area (Å²) >= 11 is 0.